The molecule has 1 aliphatic rings. The second kappa shape index (κ2) is 7.96. The Morgan fingerprint density at radius 1 is 1.12 bits per heavy atom. The predicted molar refractivity (Wildman–Crippen MR) is 86.8 cm³/mol. The van der Waals surface area contributed by atoms with Crippen LogP contribution in [0.5, 0.6) is 0 Å². The second-order valence-electron chi connectivity index (χ2n) is 7.63. The maximum atomic E-state index is 12.3. The molecule has 0 aromatic heterocycles. The van der Waals surface area contributed by atoms with Crippen molar-refractivity contribution < 1.29 is 29.0 Å². The highest BCUT2D eigenvalue weighted by Gasteiger charge is 2.44. The Morgan fingerprint density at radius 2 is 1.67 bits per heavy atom. The van der Waals surface area contributed by atoms with Crippen molar-refractivity contribution in [1.29, 1.82) is 0 Å². The van der Waals surface area contributed by atoms with Gasteiger partial charge in [0.25, 0.3) is 0 Å². The molecule has 2 atom stereocenters. The number of rotatable bonds is 6. The zero-order valence-electron chi connectivity index (χ0n) is 15.0. The van der Waals surface area contributed by atoms with E-state index in [1.54, 1.807) is 20.8 Å². The van der Waals surface area contributed by atoms with Crippen molar-refractivity contribution in [2.45, 2.75) is 78.6 Å². The highest BCUT2D eigenvalue weighted by atomic mass is 16.7. The van der Waals surface area contributed by atoms with Crippen LogP contribution in [0.15, 0.2) is 0 Å². The topological polar surface area (TPSA) is 116 Å². The first-order valence-electron chi connectivity index (χ1n) is 8.37. The third kappa shape index (κ3) is 5.47. The van der Waals surface area contributed by atoms with Gasteiger partial charge in [-0.15, -0.1) is 0 Å². The number of carboxylic acid groups (broad SMARTS) is 1. The molecule has 0 bridgehead atoms. The average molecular weight is 343 g/mol. The number of aliphatic carboxylic acids is 1. The zero-order valence-corrected chi connectivity index (χ0v) is 15.0. The molecule has 0 radical (unpaired) electrons. The van der Waals surface area contributed by atoms with E-state index in [-0.39, 0.29) is 6.42 Å². The van der Waals surface area contributed by atoms with E-state index in [0.717, 1.165) is 19.3 Å². The number of ether oxygens (including phenoxy) is 2. The Kier molecular flexibility index (Phi) is 6.77. The van der Waals surface area contributed by atoms with Gasteiger partial charge >= 0.3 is 17.9 Å². The van der Waals surface area contributed by atoms with Crippen molar-refractivity contribution in [3.8, 4) is 0 Å². The molecule has 0 aromatic carbocycles. The molecule has 0 heterocycles. The summed E-state index contributed by atoms with van der Waals surface area (Å²) in [6.45, 7) is 6.53. The Balaban J connectivity index is 2.73. The van der Waals surface area contributed by atoms with Crippen LogP contribution in [-0.2, 0) is 23.9 Å². The minimum absolute atomic E-state index is 0.167. The molecule has 0 aromatic rings. The quantitative estimate of drug-likeness (QED) is 0.561. The van der Waals surface area contributed by atoms with Gasteiger partial charge < -0.3 is 20.3 Å². The lowest BCUT2D eigenvalue weighted by atomic mass is 9.67. The van der Waals surface area contributed by atoms with Crippen LogP contribution in [-0.4, -0.2) is 35.3 Å². The Bertz CT molecular complexity index is 476. The summed E-state index contributed by atoms with van der Waals surface area (Å²) in [5.41, 5.74) is 4.55. The van der Waals surface area contributed by atoms with Crippen LogP contribution < -0.4 is 5.73 Å². The van der Waals surface area contributed by atoms with Crippen molar-refractivity contribution in [1.82, 2.24) is 0 Å². The summed E-state index contributed by atoms with van der Waals surface area (Å²) in [6.07, 6.45) is 2.59. The minimum atomic E-state index is -1.07. The van der Waals surface area contributed by atoms with Gasteiger partial charge in [-0.25, -0.2) is 0 Å². The maximum Gasteiger partial charge on any atom is 0.326 e. The third-order valence-corrected chi connectivity index (χ3v) is 4.43. The summed E-state index contributed by atoms with van der Waals surface area (Å²) >= 11 is 0. The molecular formula is C17H29NO6. The largest absolute Gasteiger partial charge is 0.481 e. The van der Waals surface area contributed by atoms with E-state index < -0.39 is 41.1 Å². The van der Waals surface area contributed by atoms with Gasteiger partial charge in [-0.05, 0) is 33.6 Å². The van der Waals surface area contributed by atoms with Crippen LogP contribution >= 0.6 is 0 Å². The Hall–Kier alpha value is -1.63. The van der Waals surface area contributed by atoms with Gasteiger partial charge in [0.15, 0.2) is 0 Å². The standard InChI is InChI=1S/C17H29NO6/c1-11(24-15(22)16(2,3)4)23-14(21)13(18)17(10-12(19)20)8-6-5-7-9-17/h11,13H,5-10,18H2,1-4H3,(H,19,20). The molecule has 138 valence electrons. The summed E-state index contributed by atoms with van der Waals surface area (Å²) < 4.78 is 10.2. The van der Waals surface area contributed by atoms with Crippen molar-refractivity contribution in [2.24, 2.45) is 16.6 Å². The molecule has 3 N–H and O–H groups in total. The number of carbonyl (C=O) groups is 3. The summed E-state index contributed by atoms with van der Waals surface area (Å²) in [6, 6.07) is -1.05. The van der Waals surface area contributed by atoms with Crippen LogP contribution in [0.3, 0.4) is 0 Å². The molecule has 1 fully saturated rings. The monoisotopic (exact) mass is 343 g/mol. The van der Waals surface area contributed by atoms with Crippen LogP contribution in [0, 0.1) is 10.8 Å². The van der Waals surface area contributed by atoms with Crippen molar-refractivity contribution >= 4 is 17.9 Å². The lowest BCUT2D eigenvalue weighted by Gasteiger charge is -2.39. The third-order valence-electron chi connectivity index (χ3n) is 4.43. The first kappa shape index (κ1) is 20.4. The van der Waals surface area contributed by atoms with Crippen LogP contribution in [0.4, 0.5) is 0 Å². The van der Waals surface area contributed by atoms with E-state index in [1.165, 1.54) is 6.92 Å². The molecule has 1 aliphatic carbocycles. The minimum Gasteiger partial charge on any atom is -0.481 e. The normalized spacial score (nSPS) is 19.9. The fourth-order valence-electron chi connectivity index (χ4n) is 2.99. The molecule has 0 spiro atoms. The van der Waals surface area contributed by atoms with Gasteiger partial charge in [0.05, 0.1) is 11.8 Å². The average Bonchev–Trinajstić information content (AvgIpc) is 2.45. The lowest BCUT2D eigenvalue weighted by molar-refractivity contribution is -0.193. The molecule has 24 heavy (non-hydrogen) atoms. The molecule has 1 rings (SSSR count). The van der Waals surface area contributed by atoms with Gasteiger partial charge in [0, 0.05) is 12.3 Å². The molecule has 7 nitrogen and oxygen atoms in total. The van der Waals surface area contributed by atoms with Gasteiger partial charge in [-0.2, -0.15) is 0 Å². The fourth-order valence-corrected chi connectivity index (χ4v) is 2.99. The number of esters is 2. The van der Waals surface area contributed by atoms with E-state index in [2.05, 4.69) is 0 Å². The molecule has 7 heteroatoms. The SMILES string of the molecule is CC(OC(=O)C(N)C1(CC(=O)O)CCCCC1)OC(=O)C(C)(C)C. The molecular weight excluding hydrogens is 314 g/mol. The highest BCUT2D eigenvalue weighted by Crippen LogP contribution is 2.42. The number of carboxylic acids is 1. The number of carbonyl (C=O) groups excluding carboxylic acids is 2. The van der Waals surface area contributed by atoms with E-state index in [1.807, 2.05) is 0 Å². The molecule has 1 saturated carbocycles. The van der Waals surface area contributed by atoms with Gasteiger partial charge in [-0.1, -0.05) is 19.3 Å². The van der Waals surface area contributed by atoms with E-state index >= 15 is 0 Å². The highest BCUT2D eigenvalue weighted by molar-refractivity contribution is 5.79. The van der Waals surface area contributed by atoms with Crippen LogP contribution in [0.1, 0.15) is 66.2 Å². The predicted octanol–water partition coefficient (Wildman–Crippen LogP) is 2.22. The van der Waals surface area contributed by atoms with Gasteiger partial charge in [0.1, 0.15) is 6.04 Å². The molecule has 0 aliphatic heterocycles. The van der Waals surface area contributed by atoms with E-state index in [0.29, 0.717) is 12.8 Å². The smallest absolute Gasteiger partial charge is 0.326 e. The lowest BCUT2D eigenvalue weighted by Crippen LogP contribution is -2.51. The maximum absolute atomic E-state index is 12.3. The molecule has 0 amide bonds. The van der Waals surface area contributed by atoms with E-state index in [9.17, 15) is 19.5 Å². The van der Waals surface area contributed by atoms with Crippen molar-refractivity contribution in [2.75, 3.05) is 0 Å². The van der Waals surface area contributed by atoms with Gasteiger partial charge in [0.2, 0.25) is 6.29 Å². The fraction of sp³-hybridized carbons (Fsp3) is 0.824. The second-order valence-corrected chi connectivity index (χ2v) is 7.63. The first-order chi connectivity index (χ1) is 11.0. The van der Waals surface area contributed by atoms with Crippen LogP contribution in [0.2, 0.25) is 0 Å². The molecule has 2 unspecified atom stereocenters. The van der Waals surface area contributed by atoms with Gasteiger partial charge in [-0.3, -0.25) is 14.4 Å². The van der Waals surface area contributed by atoms with Crippen LogP contribution in [0.25, 0.3) is 0 Å². The Labute approximate surface area is 142 Å². The summed E-state index contributed by atoms with van der Waals surface area (Å²) in [7, 11) is 0. The number of hydrogen-bond acceptors (Lipinski definition) is 6. The first-order valence-corrected chi connectivity index (χ1v) is 8.37. The zero-order chi connectivity index (χ0) is 18.5. The summed E-state index contributed by atoms with van der Waals surface area (Å²) in [5.74, 6) is -2.20. The Morgan fingerprint density at radius 3 is 2.12 bits per heavy atom. The van der Waals surface area contributed by atoms with E-state index in [4.69, 9.17) is 15.2 Å². The number of hydrogen-bond donors (Lipinski definition) is 2. The van der Waals surface area contributed by atoms with Crippen molar-refractivity contribution in [3.05, 3.63) is 0 Å². The number of nitrogens with two attached hydrogens (primary N) is 1. The summed E-state index contributed by atoms with van der Waals surface area (Å²) in [4.78, 5) is 35.4. The van der Waals surface area contributed by atoms with Crippen molar-refractivity contribution in [3.63, 3.8) is 0 Å². The summed E-state index contributed by atoms with van der Waals surface area (Å²) in [5, 5.41) is 9.17. The molecule has 0 saturated heterocycles.